The smallest absolute Gasteiger partial charge is 0.416 e. The molecule has 180 valence electrons. The molecule has 12 heteroatoms. The number of hydrogen-bond donors (Lipinski definition) is 0. The van der Waals surface area contributed by atoms with Gasteiger partial charge < -0.3 is 9.47 Å². The number of carbonyl (C=O) groups excluding carboxylic acids is 1. The lowest BCUT2D eigenvalue weighted by Crippen LogP contribution is -2.54. The van der Waals surface area contributed by atoms with E-state index in [9.17, 15) is 28.1 Å². The van der Waals surface area contributed by atoms with Crippen molar-refractivity contribution in [2.75, 3.05) is 26.3 Å². The minimum atomic E-state index is -4.50. The number of carbonyl (C=O) groups is 1. The fourth-order valence-electron chi connectivity index (χ4n) is 4.00. The third kappa shape index (κ3) is 6.06. The summed E-state index contributed by atoms with van der Waals surface area (Å²) in [5.74, 6) is -0.738. The van der Waals surface area contributed by atoms with Gasteiger partial charge in [0, 0.05) is 24.4 Å². The highest BCUT2D eigenvalue weighted by Gasteiger charge is 2.45. The van der Waals surface area contributed by atoms with E-state index in [1.54, 1.807) is 11.8 Å². The molecule has 0 saturated carbocycles. The van der Waals surface area contributed by atoms with Crippen molar-refractivity contribution < 1.29 is 32.4 Å². The first-order valence-corrected chi connectivity index (χ1v) is 10.6. The standard InChI is InChI=1S/C21H25F3N4O5/c1-2-32-20(29)15-7-10-27(11-8-15)18-17(28(30)31)19(26-13-25-18)33-12-9-14-5-3-4-6-16(14)21(22,23)24/h3-6,13,15,17-18H,2,7-12H2,1H3. The predicted octanol–water partition coefficient (Wildman–Crippen LogP) is 2.95. The number of rotatable bonds is 7. The van der Waals surface area contributed by atoms with Gasteiger partial charge in [-0.2, -0.15) is 18.2 Å². The number of esters is 1. The molecule has 0 radical (unpaired) electrons. The van der Waals surface area contributed by atoms with Gasteiger partial charge in [-0.15, -0.1) is 0 Å². The molecule has 0 bridgehead atoms. The molecule has 33 heavy (non-hydrogen) atoms. The first-order valence-electron chi connectivity index (χ1n) is 10.6. The summed E-state index contributed by atoms with van der Waals surface area (Å²) in [6, 6.07) is 3.72. The molecule has 1 saturated heterocycles. The van der Waals surface area contributed by atoms with Crippen LogP contribution in [0.4, 0.5) is 13.2 Å². The first-order chi connectivity index (χ1) is 15.7. The Bertz CT molecular complexity index is 913. The zero-order chi connectivity index (χ0) is 24.0. The van der Waals surface area contributed by atoms with Crippen LogP contribution in [0.1, 0.15) is 30.9 Å². The lowest BCUT2D eigenvalue weighted by atomic mass is 9.96. The first kappa shape index (κ1) is 24.6. The Balaban J connectivity index is 1.63. The fraction of sp³-hybridized carbons (Fsp3) is 0.571. The maximum absolute atomic E-state index is 13.2. The van der Waals surface area contributed by atoms with E-state index in [4.69, 9.17) is 9.47 Å². The highest BCUT2D eigenvalue weighted by atomic mass is 19.4. The second-order valence-electron chi connectivity index (χ2n) is 7.69. The summed E-state index contributed by atoms with van der Waals surface area (Å²) in [4.78, 5) is 33.0. The molecule has 0 amide bonds. The molecule has 2 aliphatic heterocycles. The maximum Gasteiger partial charge on any atom is 0.416 e. The molecule has 3 rings (SSSR count). The van der Waals surface area contributed by atoms with Gasteiger partial charge in [0.2, 0.25) is 0 Å². The van der Waals surface area contributed by atoms with Crippen LogP contribution in [0.25, 0.3) is 0 Å². The van der Waals surface area contributed by atoms with E-state index < -0.39 is 28.9 Å². The Morgan fingerprint density at radius 2 is 1.97 bits per heavy atom. The van der Waals surface area contributed by atoms with Gasteiger partial charge in [-0.05, 0) is 31.4 Å². The van der Waals surface area contributed by atoms with Gasteiger partial charge >= 0.3 is 18.2 Å². The largest absolute Gasteiger partial charge is 0.475 e. The molecule has 1 aromatic rings. The van der Waals surface area contributed by atoms with Crippen LogP contribution >= 0.6 is 0 Å². The van der Waals surface area contributed by atoms with E-state index in [0.717, 1.165) is 6.07 Å². The Morgan fingerprint density at radius 3 is 2.61 bits per heavy atom. The van der Waals surface area contributed by atoms with Gasteiger partial charge in [-0.1, -0.05) is 18.2 Å². The van der Waals surface area contributed by atoms with E-state index in [1.165, 1.54) is 24.5 Å². The summed E-state index contributed by atoms with van der Waals surface area (Å²) in [6.07, 6.45) is -3.34. The van der Waals surface area contributed by atoms with Crippen LogP contribution in [-0.4, -0.2) is 66.5 Å². The molecule has 0 aliphatic carbocycles. The molecular weight excluding hydrogens is 445 g/mol. The van der Waals surface area contributed by atoms with Crippen LogP contribution in [0.5, 0.6) is 0 Å². The third-order valence-corrected chi connectivity index (χ3v) is 5.63. The normalized spacial score (nSPS) is 22.0. The fourth-order valence-corrected chi connectivity index (χ4v) is 4.00. The number of benzene rings is 1. The van der Waals surface area contributed by atoms with E-state index in [0.29, 0.717) is 32.5 Å². The minimum Gasteiger partial charge on any atom is -0.475 e. The van der Waals surface area contributed by atoms with Gasteiger partial charge in [0.25, 0.3) is 5.90 Å². The van der Waals surface area contributed by atoms with Gasteiger partial charge in [0.1, 0.15) is 6.34 Å². The molecule has 1 fully saturated rings. The second-order valence-corrected chi connectivity index (χ2v) is 7.69. The summed E-state index contributed by atoms with van der Waals surface area (Å²) >= 11 is 0. The second kappa shape index (κ2) is 10.7. The van der Waals surface area contributed by atoms with Crippen molar-refractivity contribution in [3.05, 3.63) is 45.5 Å². The van der Waals surface area contributed by atoms with Crippen LogP contribution in [0.3, 0.4) is 0 Å². The van der Waals surface area contributed by atoms with E-state index in [-0.39, 0.29) is 36.4 Å². The number of hydrogen-bond acceptors (Lipinski definition) is 8. The van der Waals surface area contributed by atoms with E-state index in [1.807, 2.05) is 0 Å². The van der Waals surface area contributed by atoms with E-state index >= 15 is 0 Å². The third-order valence-electron chi connectivity index (χ3n) is 5.63. The molecule has 0 aromatic heterocycles. The molecule has 9 nitrogen and oxygen atoms in total. The van der Waals surface area contributed by atoms with Crippen molar-refractivity contribution in [3.8, 4) is 0 Å². The summed E-state index contributed by atoms with van der Waals surface area (Å²) in [5, 5.41) is 11.8. The summed E-state index contributed by atoms with van der Waals surface area (Å²) < 4.78 is 50.0. The number of ether oxygens (including phenoxy) is 2. The number of likely N-dealkylation sites (tertiary alicyclic amines) is 1. The quantitative estimate of drug-likeness (QED) is 0.345. The van der Waals surface area contributed by atoms with Crippen molar-refractivity contribution in [2.24, 2.45) is 15.9 Å². The lowest BCUT2D eigenvalue weighted by molar-refractivity contribution is -0.513. The molecule has 2 aliphatic rings. The van der Waals surface area contributed by atoms with Crippen molar-refractivity contribution in [1.29, 1.82) is 0 Å². The Hall–Kier alpha value is -3.02. The van der Waals surface area contributed by atoms with E-state index in [2.05, 4.69) is 9.98 Å². The molecule has 1 aromatic carbocycles. The Morgan fingerprint density at radius 1 is 1.27 bits per heavy atom. The van der Waals surface area contributed by atoms with Crippen LogP contribution in [0.2, 0.25) is 0 Å². The summed E-state index contributed by atoms with van der Waals surface area (Å²) in [6.45, 7) is 2.62. The van der Waals surface area contributed by atoms with Crippen LogP contribution in [0.15, 0.2) is 34.3 Å². The average molecular weight is 470 g/mol. The summed E-state index contributed by atoms with van der Waals surface area (Å²) in [5.41, 5.74) is -0.737. The molecule has 0 spiro atoms. The number of nitrogens with zero attached hydrogens (tertiary/aromatic N) is 4. The average Bonchev–Trinajstić information content (AvgIpc) is 2.78. The summed E-state index contributed by atoms with van der Waals surface area (Å²) in [7, 11) is 0. The van der Waals surface area contributed by atoms with Crippen LogP contribution in [-0.2, 0) is 26.9 Å². The van der Waals surface area contributed by atoms with Crippen molar-refractivity contribution in [3.63, 3.8) is 0 Å². The minimum absolute atomic E-state index is 0.0327. The van der Waals surface area contributed by atoms with Gasteiger partial charge in [-0.25, -0.2) is 4.99 Å². The molecule has 2 heterocycles. The number of alkyl halides is 3. The zero-order valence-electron chi connectivity index (χ0n) is 18.0. The Labute approximate surface area is 188 Å². The Kier molecular flexibility index (Phi) is 8.01. The van der Waals surface area contributed by atoms with Crippen molar-refractivity contribution in [1.82, 2.24) is 4.90 Å². The highest BCUT2D eigenvalue weighted by Crippen LogP contribution is 2.32. The van der Waals surface area contributed by atoms with Crippen molar-refractivity contribution in [2.45, 2.75) is 44.6 Å². The maximum atomic E-state index is 13.2. The number of aliphatic imine (C=N–C) groups is 2. The van der Waals surface area contributed by atoms with Crippen LogP contribution < -0.4 is 0 Å². The highest BCUT2D eigenvalue weighted by molar-refractivity contribution is 5.90. The van der Waals surface area contributed by atoms with Crippen molar-refractivity contribution >= 4 is 18.2 Å². The topological polar surface area (TPSA) is 107 Å². The molecular formula is C21H25F3N4O5. The van der Waals surface area contributed by atoms with Gasteiger partial charge in [-0.3, -0.25) is 19.8 Å². The lowest BCUT2D eigenvalue weighted by Gasteiger charge is -2.36. The molecule has 2 atom stereocenters. The van der Waals surface area contributed by atoms with Gasteiger partial charge in [0.05, 0.1) is 24.7 Å². The van der Waals surface area contributed by atoms with Crippen LogP contribution in [0, 0.1) is 16.0 Å². The SMILES string of the molecule is CCOC(=O)C1CCN(C2N=CN=C(OCCc3ccccc3C(F)(F)F)C2[N+](=O)[O-])CC1. The molecule has 0 N–H and O–H groups in total. The molecule has 2 unspecified atom stereocenters. The monoisotopic (exact) mass is 470 g/mol. The number of nitro groups is 1. The van der Waals surface area contributed by atoms with Gasteiger partial charge in [0.15, 0.2) is 6.17 Å². The number of halogens is 3. The zero-order valence-corrected chi connectivity index (χ0v) is 18.0. The number of piperidine rings is 1. The predicted molar refractivity (Wildman–Crippen MR) is 113 cm³/mol.